The molecule has 0 saturated carbocycles. The fourth-order valence-corrected chi connectivity index (χ4v) is 2.95. The summed E-state index contributed by atoms with van der Waals surface area (Å²) in [7, 11) is 1.49. The molecule has 136 valence electrons. The van der Waals surface area contributed by atoms with Crippen LogP contribution in [0.1, 0.15) is 5.56 Å². The van der Waals surface area contributed by atoms with Gasteiger partial charge in [0.15, 0.2) is 0 Å². The summed E-state index contributed by atoms with van der Waals surface area (Å²) in [4.78, 5) is 3.87. The van der Waals surface area contributed by atoms with E-state index in [-0.39, 0.29) is 19.0 Å². The Bertz CT molecular complexity index is 859. The first-order chi connectivity index (χ1) is 12.5. The number of methoxy groups -OCH3 is 1. The Morgan fingerprint density at radius 2 is 1.92 bits per heavy atom. The number of aromatic nitrogens is 3. The summed E-state index contributed by atoms with van der Waals surface area (Å²) in [5.74, 6) is 0.597. The second-order valence-corrected chi connectivity index (χ2v) is 6.16. The van der Waals surface area contributed by atoms with Crippen LogP contribution < -0.4 is 4.74 Å². The maximum atomic E-state index is 13.0. The van der Waals surface area contributed by atoms with E-state index in [0.717, 1.165) is 0 Å². The highest BCUT2D eigenvalue weighted by atomic mass is 35.5. The quantitative estimate of drug-likeness (QED) is 0.683. The highest BCUT2D eigenvalue weighted by Gasteiger charge is 2.33. The van der Waals surface area contributed by atoms with Gasteiger partial charge in [0.1, 0.15) is 35.6 Å². The van der Waals surface area contributed by atoms with Crippen molar-refractivity contribution in [2.24, 2.45) is 0 Å². The van der Waals surface area contributed by atoms with Crippen LogP contribution in [0.3, 0.4) is 0 Å². The average molecular weight is 378 g/mol. The van der Waals surface area contributed by atoms with Gasteiger partial charge < -0.3 is 14.6 Å². The van der Waals surface area contributed by atoms with Crippen LogP contribution in [0.15, 0.2) is 55.1 Å². The van der Waals surface area contributed by atoms with E-state index >= 15 is 0 Å². The highest BCUT2D eigenvalue weighted by Crippen LogP contribution is 2.34. The van der Waals surface area contributed by atoms with E-state index in [2.05, 4.69) is 10.1 Å². The third-order valence-electron chi connectivity index (χ3n) is 3.76. The molecule has 0 bridgehead atoms. The molecule has 3 aromatic rings. The van der Waals surface area contributed by atoms with Crippen molar-refractivity contribution in [3.05, 3.63) is 71.5 Å². The second-order valence-electron chi connectivity index (χ2n) is 5.76. The number of rotatable bonds is 7. The summed E-state index contributed by atoms with van der Waals surface area (Å²) >= 11 is 6.38. The van der Waals surface area contributed by atoms with Gasteiger partial charge in [-0.25, -0.2) is 14.1 Å². The predicted molar refractivity (Wildman–Crippen MR) is 93.7 cm³/mol. The summed E-state index contributed by atoms with van der Waals surface area (Å²) in [6, 6.07) is 10.6. The lowest BCUT2D eigenvalue weighted by atomic mass is 9.94. The minimum atomic E-state index is -1.39. The Balaban J connectivity index is 1.85. The number of halogens is 2. The van der Waals surface area contributed by atoms with Gasteiger partial charge in [-0.3, -0.25) is 0 Å². The molecule has 0 radical (unpaired) electrons. The largest absolute Gasteiger partial charge is 0.457 e. The standard InChI is InChI=1S/C18H17ClFN3O3/c1-25-10-18(24,9-23-12-21-11-22-23)16-7-6-15(8-17(16)19)26-14-4-2-13(20)3-5-14/h2-8,11-12,24H,9-10H2,1H3. The first-order valence-corrected chi connectivity index (χ1v) is 8.15. The molecular weight excluding hydrogens is 361 g/mol. The molecule has 1 aromatic heterocycles. The van der Waals surface area contributed by atoms with Crippen LogP contribution in [0.4, 0.5) is 4.39 Å². The van der Waals surface area contributed by atoms with E-state index in [1.54, 1.807) is 18.2 Å². The van der Waals surface area contributed by atoms with Gasteiger partial charge in [0.2, 0.25) is 0 Å². The molecule has 0 saturated heterocycles. The van der Waals surface area contributed by atoms with E-state index in [4.69, 9.17) is 21.1 Å². The Kier molecular flexibility index (Phi) is 5.51. The summed E-state index contributed by atoms with van der Waals surface area (Å²) in [6.07, 6.45) is 2.88. The van der Waals surface area contributed by atoms with Crippen LogP contribution in [0, 0.1) is 5.82 Å². The van der Waals surface area contributed by atoms with Crippen molar-refractivity contribution in [1.29, 1.82) is 0 Å². The van der Waals surface area contributed by atoms with Gasteiger partial charge >= 0.3 is 0 Å². The van der Waals surface area contributed by atoms with Crippen molar-refractivity contribution in [1.82, 2.24) is 14.8 Å². The van der Waals surface area contributed by atoms with E-state index in [1.807, 2.05) is 0 Å². The van der Waals surface area contributed by atoms with Gasteiger partial charge in [-0.1, -0.05) is 17.7 Å². The van der Waals surface area contributed by atoms with Crippen LogP contribution in [0.2, 0.25) is 5.02 Å². The minimum absolute atomic E-state index is 0.0186. The zero-order valence-electron chi connectivity index (χ0n) is 14.0. The molecular formula is C18H17ClFN3O3. The zero-order valence-corrected chi connectivity index (χ0v) is 14.7. The summed E-state index contributed by atoms with van der Waals surface area (Å²) in [5, 5.41) is 15.4. The van der Waals surface area contributed by atoms with Gasteiger partial charge in [0.25, 0.3) is 0 Å². The molecule has 8 heteroatoms. The Morgan fingerprint density at radius 3 is 2.54 bits per heavy atom. The van der Waals surface area contributed by atoms with Gasteiger partial charge in [-0.05, 0) is 36.4 Å². The van der Waals surface area contributed by atoms with Crippen molar-refractivity contribution in [2.45, 2.75) is 12.1 Å². The number of hydrogen-bond donors (Lipinski definition) is 1. The van der Waals surface area contributed by atoms with Crippen molar-refractivity contribution in [3.63, 3.8) is 0 Å². The molecule has 26 heavy (non-hydrogen) atoms. The fourth-order valence-electron chi connectivity index (χ4n) is 2.61. The van der Waals surface area contributed by atoms with Gasteiger partial charge in [-0.2, -0.15) is 5.10 Å². The minimum Gasteiger partial charge on any atom is -0.457 e. The van der Waals surface area contributed by atoms with Crippen LogP contribution in [0.5, 0.6) is 11.5 Å². The normalized spacial score (nSPS) is 13.4. The Morgan fingerprint density at radius 1 is 1.19 bits per heavy atom. The molecule has 1 atom stereocenters. The Labute approximate surface area is 154 Å². The summed E-state index contributed by atoms with van der Waals surface area (Å²) in [5.41, 5.74) is -0.920. The van der Waals surface area contributed by atoms with E-state index in [1.165, 1.54) is 48.7 Å². The topological polar surface area (TPSA) is 69.4 Å². The summed E-state index contributed by atoms with van der Waals surface area (Å²) < 4.78 is 25.3. The number of benzene rings is 2. The highest BCUT2D eigenvalue weighted by molar-refractivity contribution is 6.31. The first-order valence-electron chi connectivity index (χ1n) is 7.77. The maximum absolute atomic E-state index is 13.0. The zero-order chi connectivity index (χ0) is 18.6. The molecule has 2 aromatic carbocycles. The third kappa shape index (κ3) is 4.19. The monoisotopic (exact) mass is 377 g/mol. The molecule has 1 N–H and O–H groups in total. The van der Waals surface area contributed by atoms with E-state index in [9.17, 15) is 9.50 Å². The number of nitrogens with zero attached hydrogens (tertiary/aromatic N) is 3. The molecule has 3 rings (SSSR count). The lowest BCUT2D eigenvalue weighted by Gasteiger charge is -2.28. The van der Waals surface area contributed by atoms with E-state index in [0.29, 0.717) is 22.1 Å². The average Bonchev–Trinajstić information content (AvgIpc) is 3.10. The molecule has 0 aliphatic rings. The predicted octanol–water partition coefficient (Wildman–Crippen LogP) is 3.40. The number of aliphatic hydroxyl groups is 1. The number of ether oxygens (including phenoxy) is 2. The molecule has 6 nitrogen and oxygen atoms in total. The fraction of sp³-hybridized carbons (Fsp3) is 0.222. The van der Waals surface area contributed by atoms with Gasteiger partial charge in [0.05, 0.1) is 18.2 Å². The van der Waals surface area contributed by atoms with Crippen LogP contribution in [0.25, 0.3) is 0 Å². The van der Waals surface area contributed by atoms with E-state index < -0.39 is 5.60 Å². The van der Waals surface area contributed by atoms with Crippen molar-refractivity contribution >= 4 is 11.6 Å². The molecule has 0 amide bonds. The molecule has 0 spiro atoms. The molecule has 0 aliphatic heterocycles. The van der Waals surface area contributed by atoms with Gasteiger partial charge in [-0.15, -0.1) is 0 Å². The Hall–Kier alpha value is -2.48. The smallest absolute Gasteiger partial charge is 0.137 e. The van der Waals surface area contributed by atoms with Crippen LogP contribution in [-0.2, 0) is 16.9 Å². The van der Waals surface area contributed by atoms with Crippen molar-refractivity contribution in [3.8, 4) is 11.5 Å². The first kappa shape index (κ1) is 18.3. The van der Waals surface area contributed by atoms with Crippen molar-refractivity contribution in [2.75, 3.05) is 13.7 Å². The third-order valence-corrected chi connectivity index (χ3v) is 4.08. The molecule has 1 unspecified atom stereocenters. The van der Waals surface area contributed by atoms with Crippen LogP contribution >= 0.6 is 11.6 Å². The molecule has 0 aliphatic carbocycles. The molecule has 0 fully saturated rings. The SMILES string of the molecule is COCC(O)(Cn1cncn1)c1ccc(Oc2ccc(F)cc2)cc1Cl. The summed E-state index contributed by atoms with van der Waals surface area (Å²) in [6.45, 7) is 0.142. The van der Waals surface area contributed by atoms with Crippen molar-refractivity contribution < 1.29 is 19.0 Å². The van der Waals surface area contributed by atoms with Gasteiger partial charge in [0, 0.05) is 12.7 Å². The number of hydrogen-bond acceptors (Lipinski definition) is 5. The lowest BCUT2D eigenvalue weighted by molar-refractivity contribution is -0.0505. The molecule has 1 heterocycles. The second kappa shape index (κ2) is 7.82. The maximum Gasteiger partial charge on any atom is 0.137 e. The van der Waals surface area contributed by atoms with Crippen LogP contribution in [-0.4, -0.2) is 33.6 Å². The lowest BCUT2D eigenvalue weighted by Crippen LogP contribution is -2.36.